The number of aryl methyl sites for hydroxylation is 1. The van der Waals surface area contributed by atoms with Crippen LogP contribution < -0.4 is 5.32 Å². The Bertz CT molecular complexity index is 1040. The molecule has 1 aliphatic rings. The van der Waals surface area contributed by atoms with Crippen LogP contribution >= 0.6 is 11.6 Å². The van der Waals surface area contributed by atoms with Crippen molar-refractivity contribution in [1.29, 1.82) is 5.26 Å². The fourth-order valence-electron chi connectivity index (χ4n) is 3.64. The van der Waals surface area contributed by atoms with E-state index in [0.29, 0.717) is 22.3 Å². The predicted molar refractivity (Wildman–Crippen MR) is 106 cm³/mol. The van der Waals surface area contributed by atoms with Gasteiger partial charge in [-0.2, -0.15) is 10.4 Å². The summed E-state index contributed by atoms with van der Waals surface area (Å²) in [7, 11) is 4.03. The van der Waals surface area contributed by atoms with Gasteiger partial charge in [-0.15, -0.1) is 10.2 Å². The van der Waals surface area contributed by atoms with E-state index in [2.05, 4.69) is 38.6 Å². The maximum atomic E-state index is 9.05. The van der Waals surface area contributed by atoms with Gasteiger partial charge in [0.25, 0.3) is 0 Å². The number of nitrogens with zero attached hydrogens (tertiary/aromatic N) is 6. The number of hydrogen-bond acceptors (Lipinski definition) is 6. The van der Waals surface area contributed by atoms with Gasteiger partial charge in [0.1, 0.15) is 11.2 Å². The number of anilines is 1. The molecule has 27 heavy (non-hydrogen) atoms. The minimum atomic E-state index is 0.334. The standard InChI is InChI=1S/C19H20ClN7/c1-26-7-3-4-13(11-26)23-19-18-15(10-22-27(18)2)17(24-25-19)14-6-5-12(9-21)8-16(14)20/h5-6,8,10,13H,3-4,7,11H2,1-2H3,(H,23,25)/t13-/m1/s1. The van der Waals surface area contributed by atoms with Crippen LogP contribution in [0.15, 0.2) is 24.4 Å². The molecule has 2 aromatic heterocycles. The molecule has 0 radical (unpaired) electrons. The Kier molecular flexibility index (Phi) is 4.68. The zero-order chi connectivity index (χ0) is 19.0. The smallest absolute Gasteiger partial charge is 0.175 e. The van der Waals surface area contributed by atoms with E-state index in [1.165, 1.54) is 0 Å². The van der Waals surface area contributed by atoms with E-state index < -0.39 is 0 Å². The largest absolute Gasteiger partial charge is 0.363 e. The average Bonchev–Trinajstić information content (AvgIpc) is 3.05. The molecular formula is C19H20ClN7. The number of halogens is 1. The highest BCUT2D eigenvalue weighted by Gasteiger charge is 2.21. The molecule has 0 saturated carbocycles. The molecule has 7 nitrogen and oxygen atoms in total. The minimum absolute atomic E-state index is 0.334. The highest BCUT2D eigenvalue weighted by Crippen LogP contribution is 2.34. The number of nitrogens with one attached hydrogen (secondary N) is 1. The van der Waals surface area contributed by atoms with Crippen molar-refractivity contribution < 1.29 is 0 Å². The molecule has 3 aromatic rings. The lowest BCUT2D eigenvalue weighted by molar-refractivity contribution is 0.261. The molecule has 0 amide bonds. The van der Waals surface area contributed by atoms with E-state index in [0.717, 1.165) is 48.2 Å². The summed E-state index contributed by atoms with van der Waals surface area (Å²) in [5.74, 6) is 0.735. The number of benzene rings is 1. The second-order valence-corrected chi connectivity index (χ2v) is 7.39. The monoisotopic (exact) mass is 381 g/mol. The van der Waals surface area contributed by atoms with Gasteiger partial charge in [0.15, 0.2) is 5.82 Å². The lowest BCUT2D eigenvalue weighted by Crippen LogP contribution is -2.40. The molecular weight excluding hydrogens is 362 g/mol. The summed E-state index contributed by atoms with van der Waals surface area (Å²) < 4.78 is 1.81. The zero-order valence-corrected chi connectivity index (χ0v) is 16.0. The van der Waals surface area contributed by atoms with Gasteiger partial charge >= 0.3 is 0 Å². The highest BCUT2D eigenvalue weighted by molar-refractivity contribution is 6.33. The Hall–Kier alpha value is -2.69. The molecule has 1 N–H and O–H groups in total. The number of aromatic nitrogens is 4. The van der Waals surface area contributed by atoms with Gasteiger partial charge < -0.3 is 10.2 Å². The molecule has 1 fully saturated rings. The van der Waals surface area contributed by atoms with Crippen LogP contribution in [0.1, 0.15) is 18.4 Å². The van der Waals surface area contributed by atoms with Crippen molar-refractivity contribution in [3.8, 4) is 17.3 Å². The van der Waals surface area contributed by atoms with Gasteiger partial charge in [0.2, 0.25) is 0 Å². The van der Waals surface area contributed by atoms with E-state index >= 15 is 0 Å². The lowest BCUT2D eigenvalue weighted by atomic mass is 10.1. The van der Waals surface area contributed by atoms with Crippen molar-refractivity contribution in [3.05, 3.63) is 35.0 Å². The van der Waals surface area contributed by atoms with Crippen molar-refractivity contribution in [2.24, 2.45) is 7.05 Å². The van der Waals surface area contributed by atoms with Crippen LogP contribution in [0.4, 0.5) is 5.82 Å². The van der Waals surface area contributed by atoms with Crippen molar-refractivity contribution in [2.75, 3.05) is 25.5 Å². The highest BCUT2D eigenvalue weighted by atomic mass is 35.5. The second-order valence-electron chi connectivity index (χ2n) is 6.98. The molecule has 0 unspecified atom stereocenters. The summed E-state index contributed by atoms with van der Waals surface area (Å²) in [6.07, 6.45) is 4.05. The topological polar surface area (TPSA) is 82.7 Å². The van der Waals surface area contributed by atoms with Crippen molar-refractivity contribution in [3.63, 3.8) is 0 Å². The number of hydrogen-bond donors (Lipinski definition) is 1. The summed E-state index contributed by atoms with van der Waals surface area (Å²) in [5, 5.41) is 27.2. The molecule has 0 bridgehead atoms. The number of likely N-dealkylation sites (tertiary alicyclic amines) is 1. The number of nitriles is 1. The summed E-state index contributed by atoms with van der Waals surface area (Å²) in [4.78, 5) is 2.32. The molecule has 1 atom stereocenters. The molecule has 8 heteroatoms. The molecule has 0 spiro atoms. The first-order valence-electron chi connectivity index (χ1n) is 8.90. The molecule has 4 rings (SSSR count). The van der Waals surface area contributed by atoms with Gasteiger partial charge in [-0.3, -0.25) is 4.68 Å². The maximum absolute atomic E-state index is 9.05. The second kappa shape index (κ2) is 7.14. The van der Waals surface area contributed by atoms with Gasteiger partial charge in [-0.1, -0.05) is 11.6 Å². The first kappa shape index (κ1) is 17.7. The van der Waals surface area contributed by atoms with E-state index in [9.17, 15) is 0 Å². The van der Waals surface area contributed by atoms with Gasteiger partial charge in [-0.25, -0.2) is 0 Å². The molecule has 1 aliphatic heterocycles. The number of piperidine rings is 1. The van der Waals surface area contributed by atoms with Crippen LogP contribution in [0, 0.1) is 11.3 Å². The predicted octanol–water partition coefficient (Wildman–Crippen LogP) is 3.06. The maximum Gasteiger partial charge on any atom is 0.175 e. The van der Waals surface area contributed by atoms with Crippen LogP contribution in [-0.2, 0) is 7.05 Å². The van der Waals surface area contributed by atoms with Gasteiger partial charge in [-0.05, 0) is 44.6 Å². The third-order valence-electron chi connectivity index (χ3n) is 4.99. The van der Waals surface area contributed by atoms with E-state index in [-0.39, 0.29) is 0 Å². The number of likely N-dealkylation sites (N-methyl/N-ethyl adjacent to an activating group) is 1. The Labute approximate surface area is 162 Å². The fourth-order valence-corrected chi connectivity index (χ4v) is 3.91. The number of fused-ring (bicyclic) bond motifs is 1. The fraction of sp³-hybridized carbons (Fsp3) is 0.368. The summed E-state index contributed by atoms with van der Waals surface area (Å²) in [6, 6.07) is 7.61. The Morgan fingerprint density at radius 3 is 2.89 bits per heavy atom. The molecule has 138 valence electrons. The molecule has 1 saturated heterocycles. The lowest BCUT2D eigenvalue weighted by Gasteiger charge is -2.30. The molecule has 1 aromatic carbocycles. The SMILES string of the molecule is CN1CCC[C@@H](Nc2nnc(-c3ccc(C#N)cc3Cl)c3cnn(C)c23)C1. The van der Waals surface area contributed by atoms with Crippen LogP contribution in [0.2, 0.25) is 5.02 Å². The van der Waals surface area contributed by atoms with Crippen molar-refractivity contribution in [2.45, 2.75) is 18.9 Å². The van der Waals surface area contributed by atoms with E-state index in [1.54, 1.807) is 29.1 Å². The zero-order valence-electron chi connectivity index (χ0n) is 15.3. The van der Waals surface area contributed by atoms with Crippen molar-refractivity contribution in [1.82, 2.24) is 24.9 Å². The Morgan fingerprint density at radius 2 is 2.15 bits per heavy atom. The Morgan fingerprint density at radius 1 is 1.30 bits per heavy atom. The summed E-state index contributed by atoms with van der Waals surface area (Å²) in [6.45, 7) is 2.10. The van der Waals surface area contributed by atoms with Crippen LogP contribution in [-0.4, -0.2) is 51.1 Å². The molecule has 3 heterocycles. The van der Waals surface area contributed by atoms with Gasteiger partial charge in [0, 0.05) is 25.2 Å². The first-order valence-corrected chi connectivity index (χ1v) is 9.28. The minimum Gasteiger partial charge on any atom is -0.363 e. The van der Waals surface area contributed by atoms with E-state index in [4.69, 9.17) is 16.9 Å². The molecule has 0 aliphatic carbocycles. The first-order chi connectivity index (χ1) is 13.1. The van der Waals surface area contributed by atoms with Crippen molar-refractivity contribution >= 4 is 28.3 Å². The Balaban J connectivity index is 1.76. The summed E-state index contributed by atoms with van der Waals surface area (Å²) >= 11 is 6.39. The normalized spacial score (nSPS) is 17.8. The van der Waals surface area contributed by atoms with Gasteiger partial charge in [0.05, 0.1) is 28.2 Å². The summed E-state index contributed by atoms with van der Waals surface area (Å²) in [5.41, 5.74) is 2.82. The van der Waals surface area contributed by atoms with Crippen LogP contribution in [0.5, 0.6) is 0 Å². The van der Waals surface area contributed by atoms with E-state index in [1.807, 2.05) is 7.05 Å². The quantitative estimate of drug-likeness (QED) is 0.750. The third-order valence-corrected chi connectivity index (χ3v) is 5.30. The van der Waals surface area contributed by atoms with Crippen LogP contribution in [0.3, 0.4) is 0 Å². The average molecular weight is 382 g/mol. The third kappa shape index (κ3) is 3.34. The number of rotatable bonds is 3. The van der Waals surface area contributed by atoms with Crippen LogP contribution in [0.25, 0.3) is 22.2 Å².